The summed E-state index contributed by atoms with van der Waals surface area (Å²) in [6, 6.07) is 17.9. The molecule has 1 aromatic heterocycles. The van der Waals surface area contributed by atoms with Crippen molar-refractivity contribution in [1.29, 1.82) is 0 Å². The van der Waals surface area contributed by atoms with Gasteiger partial charge < -0.3 is 4.74 Å². The van der Waals surface area contributed by atoms with Crippen molar-refractivity contribution >= 4 is 28.4 Å². The average Bonchev–Trinajstić information content (AvgIpc) is 2.59. The topological polar surface area (TPSA) is 39.2 Å². The Labute approximate surface area is 139 Å². The maximum atomic E-state index is 11.0. The summed E-state index contributed by atoms with van der Waals surface area (Å²) < 4.78 is 5.88. The summed E-state index contributed by atoms with van der Waals surface area (Å²) in [5.74, 6) is 1.50. The van der Waals surface area contributed by atoms with Gasteiger partial charge in [0, 0.05) is 22.0 Å². The molecule has 0 radical (unpaired) electrons. The number of nitrogens with zero attached hydrogens (tertiary/aromatic N) is 1. The number of para-hydroxylation sites is 1. The standard InChI is InChI=1S/C19H17NO2S/c1-14(21)13-23-17-8-6-16(7-9-17)22-12-15-10-11-20-19-5-3-2-4-18(15)19/h2-11H,12-13H2,1H3. The lowest BCUT2D eigenvalue weighted by Crippen LogP contribution is -1.97. The van der Waals surface area contributed by atoms with Crippen LogP contribution in [0.2, 0.25) is 0 Å². The highest BCUT2D eigenvalue weighted by Crippen LogP contribution is 2.23. The van der Waals surface area contributed by atoms with Gasteiger partial charge in [0.1, 0.15) is 18.1 Å². The first-order valence-corrected chi connectivity index (χ1v) is 8.38. The van der Waals surface area contributed by atoms with E-state index in [1.54, 1.807) is 18.7 Å². The normalized spacial score (nSPS) is 10.7. The van der Waals surface area contributed by atoms with Crippen LogP contribution in [-0.4, -0.2) is 16.5 Å². The molecule has 0 unspecified atom stereocenters. The van der Waals surface area contributed by atoms with Crippen molar-refractivity contribution in [1.82, 2.24) is 4.98 Å². The van der Waals surface area contributed by atoms with E-state index in [0.29, 0.717) is 12.4 Å². The third kappa shape index (κ3) is 4.11. The van der Waals surface area contributed by atoms with Gasteiger partial charge in [0.05, 0.1) is 11.3 Å². The first-order chi connectivity index (χ1) is 11.2. The second kappa shape index (κ2) is 7.29. The molecule has 0 bridgehead atoms. The zero-order chi connectivity index (χ0) is 16.1. The number of rotatable bonds is 6. The monoisotopic (exact) mass is 323 g/mol. The van der Waals surface area contributed by atoms with Gasteiger partial charge in [-0.2, -0.15) is 0 Å². The van der Waals surface area contributed by atoms with Gasteiger partial charge in [-0.3, -0.25) is 9.78 Å². The second-order valence-electron chi connectivity index (χ2n) is 5.24. The van der Waals surface area contributed by atoms with Gasteiger partial charge in [0.2, 0.25) is 0 Å². The van der Waals surface area contributed by atoms with Crippen LogP contribution in [0, 0.1) is 0 Å². The number of Topliss-reactive ketones (excluding diaryl/α,β-unsaturated/α-hetero) is 1. The summed E-state index contributed by atoms with van der Waals surface area (Å²) in [4.78, 5) is 16.4. The quantitative estimate of drug-likeness (QED) is 0.626. The number of hydrogen-bond donors (Lipinski definition) is 0. The molecule has 4 heteroatoms. The van der Waals surface area contributed by atoms with Crippen LogP contribution >= 0.6 is 11.8 Å². The Balaban J connectivity index is 1.67. The van der Waals surface area contributed by atoms with Crippen molar-refractivity contribution < 1.29 is 9.53 Å². The third-order valence-corrected chi connectivity index (χ3v) is 4.56. The number of aromatic nitrogens is 1. The molecule has 0 aliphatic rings. The molecule has 1 heterocycles. The number of carbonyl (C=O) groups is 1. The molecule has 0 spiro atoms. The average molecular weight is 323 g/mol. The lowest BCUT2D eigenvalue weighted by molar-refractivity contribution is -0.114. The molecule has 0 N–H and O–H groups in total. The smallest absolute Gasteiger partial charge is 0.140 e. The molecule has 0 saturated carbocycles. The van der Waals surface area contributed by atoms with Crippen LogP contribution in [0.1, 0.15) is 12.5 Å². The minimum absolute atomic E-state index is 0.180. The van der Waals surface area contributed by atoms with E-state index < -0.39 is 0 Å². The van der Waals surface area contributed by atoms with Crippen LogP contribution in [0.4, 0.5) is 0 Å². The summed E-state index contributed by atoms with van der Waals surface area (Å²) in [5.41, 5.74) is 2.09. The van der Waals surface area contributed by atoms with E-state index in [0.717, 1.165) is 27.1 Å². The molecular formula is C19H17NO2S. The molecule has 3 rings (SSSR count). The minimum atomic E-state index is 0.180. The van der Waals surface area contributed by atoms with E-state index >= 15 is 0 Å². The van der Waals surface area contributed by atoms with E-state index in [2.05, 4.69) is 11.1 Å². The van der Waals surface area contributed by atoms with Crippen LogP contribution < -0.4 is 4.74 Å². The number of ketones is 1. The molecule has 0 aliphatic heterocycles. The molecule has 116 valence electrons. The molecule has 0 saturated heterocycles. The molecule has 0 atom stereocenters. The van der Waals surface area contributed by atoms with Crippen molar-refractivity contribution in [2.24, 2.45) is 0 Å². The number of pyridine rings is 1. The van der Waals surface area contributed by atoms with E-state index in [1.165, 1.54) is 0 Å². The number of benzene rings is 2. The Bertz CT molecular complexity index is 810. The van der Waals surface area contributed by atoms with Gasteiger partial charge in [-0.1, -0.05) is 18.2 Å². The van der Waals surface area contributed by atoms with Crippen LogP contribution in [0.15, 0.2) is 65.7 Å². The lowest BCUT2D eigenvalue weighted by Gasteiger charge is -2.09. The number of thioether (sulfide) groups is 1. The van der Waals surface area contributed by atoms with Crippen molar-refractivity contribution in [3.63, 3.8) is 0 Å². The highest BCUT2D eigenvalue weighted by atomic mass is 32.2. The minimum Gasteiger partial charge on any atom is -0.489 e. The van der Waals surface area contributed by atoms with Crippen molar-refractivity contribution in [3.8, 4) is 5.75 Å². The van der Waals surface area contributed by atoms with Gasteiger partial charge in [-0.25, -0.2) is 0 Å². The number of hydrogen-bond acceptors (Lipinski definition) is 4. The fourth-order valence-electron chi connectivity index (χ4n) is 2.26. The maximum Gasteiger partial charge on any atom is 0.140 e. The van der Waals surface area contributed by atoms with Crippen LogP contribution in [0.3, 0.4) is 0 Å². The summed E-state index contributed by atoms with van der Waals surface area (Å²) in [5, 5.41) is 1.11. The predicted octanol–water partition coefficient (Wildman–Crippen LogP) is 4.49. The molecule has 0 aliphatic carbocycles. The summed E-state index contributed by atoms with van der Waals surface area (Å²) in [6.45, 7) is 2.10. The van der Waals surface area contributed by atoms with Gasteiger partial charge in [0.15, 0.2) is 0 Å². The lowest BCUT2D eigenvalue weighted by atomic mass is 10.1. The van der Waals surface area contributed by atoms with Crippen molar-refractivity contribution in [2.45, 2.75) is 18.4 Å². The summed E-state index contributed by atoms with van der Waals surface area (Å²) in [6.07, 6.45) is 1.81. The SMILES string of the molecule is CC(=O)CSc1ccc(OCc2ccnc3ccccc23)cc1. The maximum absolute atomic E-state index is 11.0. The van der Waals surface area contributed by atoms with E-state index in [1.807, 2.05) is 54.7 Å². The summed E-state index contributed by atoms with van der Waals surface area (Å²) in [7, 11) is 0. The van der Waals surface area contributed by atoms with Crippen molar-refractivity contribution in [2.75, 3.05) is 5.75 Å². The van der Waals surface area contributed by atoms with Gasteiger partial charge in [-0.05, 0) is 43.3 Å². The summed E-state index contributed by atoms with van der Waals surface area (Å²) >= 11 is 1.54. The third-order valence-electron chi connectivity index (χ3n) is 3.40. The number of fused-ring (bicyclic) bond motifs is 1. The molecule has 3 nitrogen and oxygen atoms in total. The second-order valence-corrected chi connectivity index (χ2v) is 6.29. The zero-order valence-corrected chi connectivity index (χ0v) is 13.7. The Hall–Kier alpha value is -2.33. The molecule has 23 heavy (non-hydrogen) atoms. The van der Waals surface area contributed by atoms with E-state index in [9.17, 15) is 4.79 Å². The fourth-order valence-corrected chi connectivity index (χ4v) is 2.96. The molecule has 0 amide bonds. The predicted molar refractivity (Wildman–Crippen MR) is 93.9 cm³/mol. The largest absolute Gasteiger partial charge is 0.489 e. The number of ether oxygens (including phenoxy) is 1. The van der Waals surface area contributed by atoms with Crippen LogP contribution in [0.25, 0.3) is 10.9 Å². The highest BCUT2D eigenvalue weighted by Gasteiger charge is 2.03. The molecule has 0 fully saturated rings. The first-order valence-electron chi connectivity index (χ1n) is 7.40. The first kappa shape index (κ1) is 15.6. The van der Waals surface area contributed by atoms with Gasteiger partial charge in [-0.15, -0.1) is 11.8 Å². The molecular weight excluding hydrogens is 306 g/mol. The van der Waals surface area contributed by atoms with Gasteiger partial charge >= 0.3 is 0 Å². The van der Waals surface area contributed by atoms with Gasteiger partial charge in [0.25, 0.3) is 0 Å². The van der Waals surface area contributed by atoms with E-state index in [4.69, 9.17) is 4.74 Å². The fraction of sp³-hybridized carbons (Fsp3) is 0.158. The Morgan fingerprint density at radius 2 is 1.87 bits per heavy atom. The zero-order valence-electron chi connectivity index (χ0n) is 12.9. The molecule has 3 aromatic rings. The van der Waals surface area contributed by atoms with E-state index in [-0.39, 0.29) is 5.78 Å². The van der Waals surface area contributed by atoms with Crippen LogP contribution in [-0.2, 0) is 11.4 Å². The highest BCUT2D eigenvalue weighted by molar-refractivity contribution is 8.00. The Morgan fingerprint density at radius 1 is 1.09 bits per heavy atom. The number of carbonyl (C=O) groups excluding carboxylic acids is 1. The molecule has 2 aromatic carbocycles. The van der Waals surface area contributed by atoms with Crippen molar-refractivity contribution in [3.05, 3.63) is 66.4 Å². The Kier molecular flexibility index (Phi) is 4.93. The Morgan fingerprint density at radius 3 is 2.65 bits per heavy atom. The van der Waals surface area contributed by atoms with Crippen LogP contribution in [0.5, 0.6) is 5.75 Å².